The molecule has 7 heteroatoms. The van der Waals surface area contributed by atoms with Crippen molar-refractivity contribution < 1.29 is 9.53 Å². The number of hydrogen-bond acceptors (Lipinski definition) is 6. The maximum absolute atomic E-state index is 12.3. The van der Waals surface area contributed by atoms with Crippen molar-refractivity contribution in [2.45, 2.75) is 31.6 Å². The molecule has 1 aliphatic carbocycles. The number of likely N-dealkylation sites (tertiary alicyclic amines) is 1. The van der Waals surface area contributed by atoms with Crippen molar-refractivity contribution in [1.29, 1.82) is 0 Å². The normalized spacial score (nSPS) is 18.6. The lowest BCUT2D eigenvalue weighted by Gasteiger charge is -2.31. The zero-order valence-electron chi connectivity index (χ0n) is 13.4. The van der Waals surface area contributed by atoms with Gasteiger partial charge in [0.1, 0.15) is 12.0 Å². The number of thiazole rings is 1. The molecule has 3 heterocycles. The topological polar surface area (TPSA) is 68.2 Å². The average Bonchev–Trinajstić information content (AvgIpc) is 3.34. The Bertz CT molecular complexity index is 694. The smallest absolute Gasteiger partial charge is 0.273 e. The number of amides is 1. The second-order valence-electron chi connectivity index (χ2n) is 6.48. The number of carbonyl (C=O) groups excluding carboxylic acids is 1. The van der Waals surface area contributed by atoms with Gasteiger partial charge in [0, 0.05) is 30.5 Å². The van der Waals surface area contributed by atoms with E-state index in [0.29, 0.717) is 30.0 Å². The standard InChI is InChI=1S/C17H20N4O2S/c22-17(15-9-24-11-20-15)21-5-3-12(4-6-21)8-23-16-7-14(13-1-2-13)18-10-19-16/h7,9-13H,1-6,8H2. The van der Waals surface area contributed by atoms with Crippen molar-refractivity contribution in [2.24, 2.45) is 5.92 Å². The van der Waals surface area contributed by atoms with Crippen LogP contribution >= 0.6 is 11.3 Å². The minimum atomic E-state index is 0.0421. The third kappa shape index (κ3) is 3.56. The molecular formula is C17H20N4O2S. The maximum Gasteiger partial charge on any atom is 0.273 e. The summed E-state index contributed by atoms with van der Waals surface area (Å²) in [6.45, 7) is 2.18. The van der Waals surface area contributed by atoms with Crippen molar-refractivity contribution in [3.8, 4) is 5.88 Å². The van der Waals surface area contributed by atoms with Crippen LogP contribution in [0.25, 0.3) is 0 Å². The maximum atomic E-state index is 12.3. The number of rotatable bonds is 5. The van der Waals surface area contributed by atoms with Crippen molar-refractivity contribution in [3.05, 3.63) is 34.7 Å². The van der Waals surface area contributed by atoms with Crippen molar-refractivity contribution in [1.82, 2.24) is 19.9 Å². The lowest BCUT2D eigenvalue weighted by atomic mass is 9.97. The van der Waals surface area contributed by atoms with E-state index in [4.69, 9.17) is 4.74 Å². The summed E-state index contributed by atoms with van der Waals surface area (Å²) in [4.78, 5) is 26.8. The number of nitrogens with zero attached hydrogens (tertiary/aromatic N) is 4. The Morgan fingerprint density at radius 3 is 2.75 bits per heavy atom. The molecule has 0 unspecified atom stereocenters. The summed E-state index contributed by atoms with van der Waals surface area (Å²) < 4.78 is 5.87. The van der Waals surface area contributed by atoms with Crippen molar-refractivity contribution >= 4 is 17.2 Å². The SMILES string of the molecule is O=C(c1cscn1)N1CCC(COc2cc(C3CC3)ncn2)CC1. The van der Waals surface area contributed by atoms with Crippen LogP contribution in [0.2, 0.25) is 0 Å². The van der Waals surface area contributed by atoms with Gasteiger partial charge in [0.25, 0.3) is 5.91 Å². The monoisotopic (exact) mass is 344 g/mol. The highest BCUT2D eigenvalue weighted by atomic mass is 32.1. The minimum Gasteiger partial charge on any atom is -0.477 e. The Kier molecular flexibility index (Phi) is 4.42. The molecule has 0 radical (unpaired) electrons. The van der Waals surface area contributed by atoms with Gasteiger partial charge in [0.05, 0.1) is 17.8 Å². The van der Waals surface area contributed by atoms with Gasteiger partial charge in [-0.15, -0.1) is 11.3 Å². The Morgan fingerprint density at radius 1 is 1.21 bits per heavy atom. The molecule has 126 valence electrons. The molecule has 0 spiro atoms. The molecule has 2 aromatic heterocycles. The molecule has 1 amide bonds. The number of carbonyl (C=O) groups is 1. The number of aromatic nitrogens is 3. The second-order valence-corrected chi connectivity index (χ2v) is 7.19. The molecule has 2 fully saturated rings. The second kappa shape index (κ2) is 6.84. The van der Waals surface area contributed by atoms with Crippen LogP contribution in [-0.2, 0) is 0 Å². The van der Waals surface area contributed by atoms with Crippen LogP contribution in [0.5, 0.6) is 5.88 Å². The fourth-order valence-corrected chi connectivity index (χ4v) is 3.55. The molecule has 4 rings (SSSR count). The first-order chi connectivity index (χ1) is 11.8. The first-order valence-electron chi connectivity index (χ1n) is 8.42. The van der Waals surface area contributed by atoms with Gasteiger partial charge in [0.15, 0.2) is 0 Å². The van der Waals surface area contributed by atoms with E-state index in [1.165, 1.54) is 24.2 Å². The molecule has 24 heavy (non-hydrogen) atoms. The Morgan fingerprint density at radius 2 is 2.04 bits per heavy atom. The van der Waals surface area contributed by atoms with Crippen LogP contribution in [-0.4, -0.2) is 45.5 Å². The summed E-state index contributed by atoms with van der Waals surface area (Å²) in [7, 11) is 0. The summed E-state index contributed by atoms with van der Waals surface area (Å²) >= 11 is 1.46. The molecule has 1 saturated carbocycles. The summed E-state index contributed by atoms with van der Waals surface area (Å²) in [5, 5.41) is 1.81. The molecule has 0 bridgehead atoms. The summed E-state index contributed by atoms with van der Waals surface area (Å²) in [5.74, 6) is 1.78. The van der Waals surface area contributed by atoms with E-state index in [1.807, 2.05) is 16.3 Å². The Labute approximate surface area is 144 Å². The Balaban J connectivity index is 1.26. The first-order valence-corrected chi connectivity index (χ1v) is 9.36. The van der Waals surface area contributed by atoms with E-state index in [1.54, 1.807) is 11.8 Å². The average molecular weight is 344 g/mol. The predicted molar refractivity (Wildman–Crippen MR) is 90.2 cm³/mol. The molecule has 1 aliphatic heterocycles. The fraction of sp³-hybridized carbons (Fsp3) is 0.529. The summed E-state index contributed by atoms with van der Waals surface area (Å²) in [5.41, 5.74) is 3.36. The van der Waals surface area contributed by atoms with Gasteiger partial charge in [-0.05, 0) is 31.6 Å². The molecule has 6 nitrogen and oxygen atoms in total. The van der Waals surface area contributed by atoms with Gasteiger partial charge in [-0.25, -0.2) is 15.0 Å². The Hall–Kier alpha value is -2.02. The zero-order valence-corrected chi connectivity index (χ0v) is 14.2. The van der Waals surface area contributed by atoms with Gasteiger partial charge in [-0.3, -0.25) is 4.79 Å². The largest absolute Gasteiger partial charge is 0.477 e. The number of ether oxygens (including phenoxy) is 1. The quantitative estimate of drug-likeness (QED) is 0.834. The first kappa shape index (κ1) is 15.5. The van der Waals surface area contributed by atoms with E-state index < -0.39 is 0 Å². The van der Waals surface area contributed by atoms with Gasteiger partial charge < -0.3 is 9.64 Å². The van der Waals surface area contributed by atoms with E-state index in [9.17, 15) is 4.79 Å². The highest BCUT2D eigenvalue weighted by molar-refractivity contribution is 7.07. The summed E-state index contributed by atoms with van der Waals surface area (Å²) in [6, 6.07) is 1.97. The minimum absolute atomic E-state index is 0.0421. The molecule has 0 atom stereocenters. The fourth-order valence-electron chi connectivity index (χ4n) is 3.02. The van der Waals surface area contributed by atoms with Crippen LogP contribution in [0.1, 0.15) is 47.8 Å². The van der Waals surface area contributed by atoms with Gasteiger partial charge in [-0.2, -0.15) is 0 Å². The highest BCUT2D eigenvalue weighted by Gasteiger charge is 2.27. The van der Waals surface area contributed by atoms with E-state index in [0.717, 1.165) is 31.6 Å². The third-order valence-electron chi connectivity index (χ3n) is 4.68. The highest BCUT2D eigenvalue weighted by Crippen LogP contribution is 2.39. The third-order valence-corrected chi connectivity index (χ3v) is 5.27. The lowest BCUT2D eigenvalue weighted by Crippen LogP contribution is -2.39. The molecule has 0 N–H and O–H groups in total. The van der Waals surface area contributed by atoms with Gasteiger partial charge in [0.2, 0.25) is 5.88 Å². The molecule has 2 aromatic rings. The van der Waals surface area contributed by atoms with Crippen LogP contribution < -0.4 is 4.74 Å². The lowest BCUT2D eigenvalue weighted by molar-refractivity contribution is 0.0654. The van der Waals surface area contributed by atoms with E-state index in [-0.39, 0.29) is 5.91 Å². The summed E-state index contributed by atoms with van der Waals surface area (Å²) in [6.07, 6.45) is 5.95. The van der Waals surface area contributed by atoms with Crippen LogP contribution in [0.4, 0.5) is 0 Å². The predicted octanol–water partition coefficient (Wildman–Crippen LogP) is 2.74. The molecule has 1 saturated heterocycles. The number of piperidine rings is 1. The van der Waals surface area contributed by atoms with Crippen molar-refractivity contribution in [2.75, 3.05) is 19.7 Å². The van der Waals surface area contributed by atoms with Crippen LogP contribution in [0.15, 0.2) is 23.3 Å². The van der Waals surface area contributed by atoms with E-state index >= 15 is 0 Å². The molecule has 0 aromatic carbocycles. The van der Waals surface area contributed by atoms with E-state index in [2.05, 4.69) is 15.0 Å². The zero-order chi connectivity index (χ0) is 16.4. The van der Waals surface area contributed by atoms with Crippen LogP contribution in [0.3, 0.4) is 0 Å². The van der Waals surface area contributed by atoms with Gasteiger partial charge >= 0.3 is 0 Å². The van der Waals surface area contributed by atoms with Gasteiger partial charge in [-0.1, -0.05) is 0 Å². The molecule has 2 aliphatic rings. The number of hydrogen-bond donors (Lipinski definition) is 0. The molecular weight excluding hydrogens is 324 g/mol. The van der Waals surface area contributed by atoms with Crippen molar-refractivity contribution in [3.63, 3.8) is 0 Å². The van der Waals surface area contributed by atoms with Crippen LogP contribution in [0, 0.1) is 5.92 Å².